The molecule has 106 valence electrons. The van der Waals surface area contributed by atoms with Crippen molar-refractivity contribution in [1.82, 2.24) is 4.90 Å². The van der Waals surface area contributed by atoms with Crippen LogP contribution in [0.3, 0.4) is 0 Å². The number of carbonyl (C=O) groups is 1. The number of carbonyl (C=O) groups excluding carboxylic acids is 1. The van der Waals surface area contributed by atoms with Gasteiger partial charge in [0.1, 0.15) is 0 Å². The molecule has 1 aliphatic rings. The zero-order chi connectivity index (χ0) is 13.8. The van der Waals surface area contributed by atoms with E-state index in [0.29, 0.717) is 30.9 Å². The van der Waals surface area contributed by atoms with E-state index in [1.54, 1.807) is 0 Å². The number of ether oxygens (including phenoxy) is 1. The minimum absolute atomic E-state index is 0.302. The highest BCUT2D eigenvalue weighted by atomic mass is 16.5. The van der Waals surface area contributed by atoms with E-state index in [1.807, 2.05) is 6.07 Å². The van der Waals surface area contributed by atoms with Crippen LogP contribution in [-0.2, 0) is 11.3 Å². The summed E-state index contributed by atoms with van der Waals surface area (Å²) in [6.07, 6.45) is 5.04. The van der Waals surface area contributed by atoms with Crippen molar-refractivity contribution in [2.45, 2.75) is 44.8 Å². The SMILES string of the molecule is COC(=O)c1occc1CN1C(C)CCCC1CN. The normalized spacial score (nSPS) is 24.4. The molecule has 0 aromatic carbocycles. The van der Waals surface area contributed by atoms with E-state index < -0.39 is 5.97 Å². The highest BCUT2D eigenvalue weighted by Crippen LogP contribution is 2.25. The van der Waals surface area contributed by atoms with Gasteiger partial charge in [0.05, 0.1) is 13.4 Å². The molecule has 5 heteroatoms. The molecule has 0 aliphatic carbocycles. The van der Waals surface area contributed by atoms with Gasteiger partial charge in [-0.25, -0.2) is 4.79 Å². The van der Waals surface area contributed by atoms with Gasteiger partial charge < -0.3 is 14.9 Å². The molecule has 1 aromatic rings. The number of rotatable bonds is 4. The lowest BCUT2D eigenvalue weighted by atomic mass is 9.95. The lowest BCUT2D eigenvalue weighted by Crippen LogP contribution is -2.48. The first-order chi connectivity index (χ1) is 9.17. The zero-order valence-electron chi connectivity index (χ0n) is 11.6. The Morgan fingerprint density at radius 3 is 3.05 bits per heavy atom. The minimum atomic E-state index is -0.422. The number of methoxy groups -OCH3 is 1. The summed E-state index contributed by atoms with van der Waals surface area (Å²) in [5.41, 5.74) is 6.73. The molecule has 5 nitrogen and oxygen atoms in total. The Bertz CT molecular complexity index is 430. The standard InChI is InChI=1S/C14H22N2O3/c1-10-4-3-5-12(8-15)16(10)9-11-6-7-19-13(11)14(17)18-2/h6-7,10,12H,3-5,8-9,15H2,1-2H3. The van der Waals surface area contributed by atoms with E-state index in [9.17, 15) is 4.79 Å². The highest BCUT2D eigenvalue weighted by molar-refractivity contribution is 5.87. The van der Waals surface area contributed by atoms with E-state index in [0.717, 1.165) is 12.0 Å². The van der Waals surface area contributed by atoms with E-state index in [1.165, 1.54) is 26.2 Å². The molecule has 1 fully saturated rings. The van der Waals surface area contributed by atoms with E-state index in [4.69, 9.17) is 14.9 Å². The average molecular weight is 266 g/mol. The summed E-state index contributed by atoms with van der Waals surface area (Å²) >= 11 is 0. The monoisotopic (exact) mass is 266 g/mol. The molecule has 2 rings (SSSR count). The number of nitrogens with two attached hydrogens (primary N) is 1. The number of piperidine rings is 1. The first-order valence-corrected chi connectivity index (χ1v) is 6.77. The molecule has 1 aromatic heterocycles. The molecule has 0 saturated carbocycles. The number of esters is 1. The summed E-state index contributed by atoms with van der Waals surface area (Å²) in [4.78, 5) is 14.0. The molecule has 2 atom stereocenters. The number of nitrogens with zero attached hydrogens (tertiary/aromatic N) is 1. The van der Waals surface area contributed by atoms with Crippen molar-refractivity contribution in [3.8, 4) is 0 Å². The Labute approximate surface area is 113 Å². The predicted molar refractivity (Wildman–Crippen MR) is 71.7 cm³/mol. The predicted octanol–water partition coefficient (Wildman–Crippen LogP) is 1.77. The van der Waals surface area contributed by atoms with Crippen molar-refractivity contribution in [2.24, 2.45) is 5.73 Å². The van der Waals surface area contributed by atoms with Gasteiger partial charge in [0, 0.05) is 30.7 Å². The largest absolute Gasteiger partial charge is 0.463 e. The Kier molecular flexibility index (Phi) is 4.61. The van der Waals surface area contributed by atoms with Gasteiger partial charge in [0.15, 0.2) is 0 Å². The van der Waals surface area contributed by atoms with Crippen LogP contribution in [-0.4, -0.2) is 36.6 Å². The third kappa shape index (κ3) is 2.98. The number of hydrogen-bond acceptors (Lipinski definition) is 5. The van der Waals surface area contributed by atoms with Gasteiger partial charge in [-0.1, -0.05) is 6.42 Å². The van der Waals surface area contributed by atoms with Gasteiger partial charge >= 0.3 is 5.97 Å². The summed E-state index contributed by atoms with van der Waals surface area (Å²) in [7, 11) is 1.36. The second kappa shape index (κ2) is 6.21. The topological polar surface area (TPSA) is 68.7 Å². The summed E-state index contributed by atoms with van der Waals surface area (Å²) < 4.78 is 9.96. The van der Waals surface area contributed by atoms with Gasteiger partial charge in [0.25, 0.3) is 0 Å². The molecule has 1 aliphatic heterocycles. The fourth-order valence-corrected chi connectivity index (χ4v) is 2.81. The highest BCUT2D eigenvalue weighted by Gasteiger charge is 2.28. The molecule has 19 heavy (non-hydrogen) atoms. The van der Waals surface area contributed by atoms with Gasteiger partial charge in [0.2, 0.25) is 5.76 Å². The van der Waals surface area contributed by atoms with Crippen LogP contribution in [0.15, 0.2) is 16.7 Å². The maximum atomic E-state index is 11.6. The maximum absolute atomic E-state index is 11.6. The van der Waals surface area contributed by atoms with Crippen LogP contribution < -0.4 is 5.73 Å². The quantitative estimate of drug-likeness (QED) is 0.841. The Morgan fingerprint density at radius 1 is 1.58 bits per heavy atom. The van der Waals surface area contributed by atoms with Crippen molar-refractivity contribution < 1.29 is 13.9 Å². The Hall–Kier alpha value is -1.33. The van der Waals surface area contributed by atoms with Crippen LogP contribution in [0.2, 0.25) is 0 Å². The van der Waals surface area contributed by atoms with E-state index in [2.05, 4.69) is 11.8 Å². The Morgan fingerprint density at radius 2 is 2.37 bits per heavy atom. The summed E-state index contributed by atoms with van der Waals surface area (Å²) in [5, 5.41) is 0. The van der Waals surface area contributed by atoms with Gasteiger partial charge in [-0.2, -0.15) is 0 Å². The second-order valence-corrected chi connectivity index (χ2v) is 5.11. The van der Waals surface area contributed by atoms with Crippen LogP contribution in [0.4, 0.5) is 0 Å². The van der Waals surface area contributed by atoms with Crippen molar-refractivity contribution in [3.05, 3.63) is 23.7 Å². The third-order valence-corrected chi connectivity index (χ3v) is 3.94. The number of furan rings is 1. The summed E-state index contributed by atoms with van der Waals surface area (Å²) in [6, 6.07) is 2.69. The fraction of sp³-hybridized carbons (Fsp3) is 0.643. The number of hydrogen-bond donors (Lipinski definition) is 1. The minimum Gasteiger partial charge on any atom is -0.463 e. The van der Waals surface area contributed by atoms with Gasteiger partial charge in [-0.15, -0.1) is 0 Å². The van der Waals surface area contributed by atoms with Crippen LogP contribution in [0.25, 0.3) is 0 Å². The first kappa shape index (κ1) is 14.1. The molecule has 2 unspecified atom stereocenters. The van der Waals surface area contributed by atoms with E-state index in [-0.39, 0.29) is 0 Å². The molecule has 1 saturated heterocycles. The van der Waals surface area contributed by atoms with Crippen LogP contribution >= 0.6 is 0 Å². The fourth-order valence-electron chi connectivity index (χ4n) is 2.81. The van der Waals surface area contributed by atoms with Crippen molar-refractivity contribution in [3.63, 3.8) is 0 Å². The third-order valence-electron chi connectivity index (χ3n) is 3.94. The summed E-state index contributed by atoms with van der Waals surface area (Å²) in [5.74, 6) is -0.120. The van der Waals surface area contributed by atoms with Crippen molar-refractivity contribution >= 4 is 5.97 Å². The molecular weight excluding hydrogens is 244 g/mol. The molecule has 0 amide bonds. The van der Waals surface area contributed by atoms with Gasteiger partial charge in [-0.3, -0.25) is 4.90 Å². The number of likely N-dealkylation sites (tertiary alicyclic amines) is 1. The van der Waals surface area contributed by atoms with Crippen LogP contribution in [0.5, 0.6) is 0 Å². The Balaban J connectivity index is 2.15. The molecule has 2 heterocycles. The first-order valence-electron chi connectivity index (χ1n) is 6.77. The zero-order valence-corrected chi connectivity index (χ0v) is 11.6. The molecule has 0 radical (unpaired) electrons. The molecule has 0 spiro atoms. The second-order valence-electron chi connectivity index (χ2n) is 5.11. The van der Waals surface area contributed by atoms with Gasteiger partial charge in [-0.05, 0) is 25.8 Å². The maximum Gasteiger partial charge on any atom is 0.374 e. The van der Waals surface area contributed by atoms with E-state index >= 15 is 0 Å². The molecule has 2 N–H and O–H groups in total. The molecule has 0 bridgehead atoms. The van der Waals surface area contributed by atoms with Crippen LogP contribution in [0.1, 0.15) is 42.3 Å². The lowest BCUT2D eigenvalue weighted by Gasteiger charge is -2.40. The summed E-state index contributed by atoms with van der Waals surface area (Å²) in [6.45, 7) is 3.54. The van der Waals surface area contributed by atoms with Crippen LogP contribution in [0, 0.1) is 0 Å². The molecular formula is C14H22N2O3. The smallest absolute Gasteiger partial charge is 0.374 e. The average Bonchev–Trinajstić information content (AvgIpc) is 2.88. The lowest BCUT2D eigenvalue weighted by molar-refractivity contribution is 0.0553. The van der Waals surface area contributed by atoms with Crippen molar-refractivity contribution in [2.75, 3.05) is 13.7 Å². The van der Waals surface area contributed by atoms with Crippen molar-refractivity contribution in [1.29, 1.82) is 0 Å².